The van der Waals surface area contributed by atoms with Crippen molar-refractivity contribution in [3.8, 4) is 0 Å². The van der Waals surface area contributed by atoms with Crippen LogP contribution in [0.4, 0.5) is 0 Å². The zero-order valence-electron chi connectivity index (χ0n) is 10.7. The molecule has 0 amide bonds. The van der Waals surface area contributed by atoms with E-state index < -0.39 is 0 Å². The third-order valence-electron chi connectivity index (χ3n) is 2.57. The first-order valence-corrected chi connectivity index (χ1v) is 7.15. The molecule has 1 heterocycles. The minimum absolute atomic E-state index is 0.0489. The summed E-state index contributed by atoms with van der Waals surface area (Å²) < 4.78 is 5.82. The Morgan fingerprint density at radius 1 is 1.56 bits per heavy atom. The van der Waals surface area contributed by atoms with Gasteiger partial charge in [-0.15, -0.1) is 0 Å². The Labute approximate surface area is 112 Å². The largest absolute Gasteiger partial charge is 0.395 e. The number of nitrogens with zero attached hydrogens (tertiary/aromatic N) is 1. The number of thioether (sulfide) groups is 1. The first-order valence-electron chi connectivity index (χ1n) is 6.27. The van der Waals surface area contributed by atoms with E-state index >= 15 is 0 Å². The summed E-state index contributed by atoms with van der Waals surface area (Å²) in [6.07, 6.45) is 0.764. The normalized spacial score (nSPS) is 29.5. The van der Waals surface area contributed by atoms with Gasteiger partial charge in [0.2, 0.25) is 0 Å². The maximum Gasteiger partial charge on any atom is 0.156 e. The predicted molar refractivity (Wildman–Crippen MR) is 73.6 cm³/mol. The minimum Gasteiger partial charge on any atom is -0.395 e. The first kappa shape index (κ1) is 15.7. The molecule has 3 atom stereocenters. The van der Waals surface area contributed by atoms with Gasteiger partial charge < -0.3 is 26.0 Å². The molecule has 0 aromatic heterocycles. The molecule has 18 heavy (non-hydrogen) atoms. The Balaban J connectivity index is 2.37. The average molecular weight is 277 g/mol. The molecule has 5 N–H and O–H groups in total. The summed E-state index contributed by atoms with van der Waals surface area (Å²) in [5.41, 5.74) is 5.58. The van der Waals surface area contributed by atoms with Gasteiger partial charge in [-0.25, -0.2) is 0 Å². The number of rotatable bonds is 6. The number of hydrogen-bond donors (Lipinski definition) is 4. The summed E-state index contributed by atoms with van der Waals surface area (Å²) in [4.78, 5) is 4.09. The standard InChI is InChI=1S/C11H23N3O3S/c1-2-14-11(12)18-10-6-8(16)5-9(17-10)7-13-3-4-15/h8-10,13,15-16H,2-7H2,1H3,(H2,12,14). The summed E-state index contributed by atoms with van der Waals surface area (Å²) >= 11 is 1.36. The van der Waals surface area contributed by atoms with Crippen LogP contribution < -0.4 is 11.1 Å². The maximum absolute atomic E-state index is 9.80. The fourth-order valence-electron chi connectivity index (χ4n) is 1.82. The summed E-state index contributed by atoms with van der Waals surface area (Å²) in [5.74, 6) is 0. The van der Waals surface area contributed by atoms with Crippen molar-refractivity contribution in [2.75, 3.05) is 26.2 Å². The molecule has 0 aromatic carbocycles. The Kier molecular flexibility index (Phi) is 7.60. The van der Waals surface area contributed by atoms with Gasteiger partial charge in [0, 0.05) is 32.5 Å². The topological polar surface area (TPSA) is 100 Å². The molecular weight excluding hydrogens is 254 g/mol. The lowest BCUT2D eigenvalue weighted by Gasteiger charge is -2.32. The van der Waals surface area contributed by atoms with Crippen molar-refractivity contribution in [2.24, 2.45) is 10.7 Å². The van der Waals surface area contributed by atoms with Crippen molar-refractivity contribution in [1.29, 1.82) is 0 Å². The van der Waals surface area contributed by atoms with Crippen molar-refractivity contribution in [1.82, 2.24) is 5.32 Å². The van der Waals surface area contributed by atoms with Crippen LogP contribution in [-0.2, 0) is 4.74 Å². The van der Waals surface area contributed by atoms with Gasteiger partial charge in [-0.3, -0.25) is 4.99 Å². The molecule has 6 nitrogen and oxygen atoms in total. The van der Waals surface area contributed by atoms with Crippen LogP contribution >= 0.6 is 11.8 Å². The van der Waals surface area contributed by atoms with Crippen LogP contribution in [0.5, 0.6) is 0 Å². The van der Waals surface area contributed by atoms with E-state index in [0.717, 1.165) is 0 Å². The number of aliphatic hydroxyl groups is 2. The highest BCUT2D eigenvalue weighted by Gasteiger charge is 2.29. The zero-order valence-corrected chi connectivity index (χ0v) is 11.5. The van der Waals surface area contributed by atoms with Crippen molar-refractivity contribution in [3.63, 3.8) is 0 Å². The number of nitrogens with two attached hydrogens (primary N) is 1. The number of amidine groups is 1. The molecule has 0 spiro atoms. The Bertz CT molecular complexity index is 266. The summed E-state index contributed by atoms with van der Waals surface area (Å²) in [6.45, 7) is 3.83. The van der Waals surface area contributed by atoms with E-state index in [2.05, 4.69) is 10.3 Å². The van der Waals surface area contributed by atoms with Crippen LogP contribution in [0.15, 0.2) is 4.99 Å². The Hall–Kier alpha value is -0.340. The number of aliphatic hydroxyl groups excluding tert-OH is 2. The highest BCUT2D eigenvalue weighted by Crippen LogP contribution is 2.27. The number of hydrogen-bond acceptors (Lipinski definition) is 6. The van der Waals surface area contributed by atoms with E-state index in [1.165, 1.54) is 11.8 Å². The van der Waals surface area contributed by atoms with Crippen LogP contribution in [-0.4, -0.2) is 59.3 Å². The Morgan fingerprint density at radius 2 is 2.33 bits per heavy atom. The van der Waals surface area contributed by atoms with Crippen LogP contribution in [0, 0.1) is 0 Å². The van der Waals surface area contributed by atoms with Crippen molar-refractivity contribution in [2.45, 2.75) is 37.4 Å². The lowest BCUT2D eigenvalue weighted by Crippen LogP contribution is -2.41. The first-order chi connectivity index (χ1) is 8.65. The van der Waals surface area contributed by atoms with Gasteiger partial charge in [0.05, 0.1) is 18.8 Å². The quantitative estimate of drug-likeness (QED) is 0.297. The van der Waals surface area contributed by atoms with Gasteiger partial charge in [0.1, 0.15) is 5.44 Å². The molecule has 0 saturated carbocycles. The van der Waals surface area contributed by atoms with Gasteiger partial charge >= 0.3 is 0 Å². The predicted octanol–water partition coefficient (Wildman–Crippen LogP) is -0.498. The molecule has 1 aliphatic heterocycles. The van der Waals surface area contributed by atoms with Crippen LogP contribution in [0.2, 0.25) is 0 Å². The Morgan fingerprint density at radius 3 is 3.00 bits per heavy atom. The molecular formula is C11H23N3O3S. The number of aliphatic imine (C=N–C) groups is 1. The maximum atomic E-state index is 9.80. The second kappa shape index (κ2) is 8.71. The van der Waals surface area contributed by atoms with Crippen LogP contribution in [0.25, 0.3) is 0 Å². The van der Waals surface area contributed by atoms with Gasteiger partial charge in [0.25, 0.3) is 0 Å². The zero-order chi connectivity index (χ0) is 13.4. The van der Waals surface area contributed by atoms with Gasteiger partial charge in [-0.1, -0.05) is 11.8 Å². The molecule has 3 unspecified atom stereocenters. The van der Waals surface area contributed by atoms with E-state index in [1.807, 2.05) is 6.92 Å². The number of nitrogens with one attached hydrogen (secondary N) is 1. The summed E-state index contributed by atoms with van der Waals surface area (Å²) in [5, 5.41) is 22.1. The monoisotopic (exact) mass is 277 g/mol. The van der Waals surface area contributed by atoms with Gasteiger partial charge in [-0.05, 0) is 6.92 Å². The van der Waals surface area contributed by atoms with Crippen molar-refractivity contribution >= 4 is 16.9 Å². The fraction of sp³-hybridized carbons (Fsp3) is 0.909. The second-order valence-corrected chi connectivity index (χ2v) is 5.35. The molecule has 1 saturated heterocycles. The van der Waals surface area contributed by atoms with Crippen LogP contribution in [0.1, 0.15) is 19.8 Å². The van der Waals surface area contributed by atoms with E-state index in [-0.39, 0.29) is 24.3 Å². The highest BCUT2D eigenvalue weighted by atomic mass is 32.2. The summed E-state index contributed by atoms with van der Waals surface area (Å²) in [6, 6.07) is 0. The van der Waals surface area contributed by atoms with Gasteiger partial charge in [-0.2, -0.15) is 0 Å². The molecule has 0 aromatic rings. The molecule has 7 heteroatoms. The second-order valence-electron chi connectivity index (χ2n) is 4.17. The van der Waals surface area contributed by atoms with E-state index in [0.29, 0.717) is 37.6 Å². The van der Waals surface area contributed by atoms with Crippen molar-refractivity contribution in [3.05, 3.63) is 0 Å². The fourth-order valence-corrected chi connectivity index (χ4v) is 2.83. The lowest BCUT2D eigenvalue weighted by atomic mass is 10.1. The molecule has 0 aliphatic carbocycles. The molecule has 106 valence electrons. The minimum atomic E-state index is -0.369. The van der Waals surface area contributed by atoms with E-state index in [9.17, 15) is 5.11 Å². The van der Waals surface area contributed by atoms with E-state index in [4.69, 9.17) is 15.6 Å². The molecule has 0 radical (unpaired) electrons. The van der Waals surface area contributed by atoms with Crippen LogP contribution in [0.3, 0.4) is 0 Å². The SMILES string of the molecule is CCN=C(N)SC1CC(O)CC(CNCCO)O1. The number of ether oxygens (including phenoxy) is 1. The third kappa shape index (κ3) is 6.01. The summed E-state index contributed by atoms with van der Waals surface area (Å²) in [7, 11) is 0. The molecule has 1 rings (SSSR count). The molecule has 0 bridgehead atoms. The third-order valence-corrected chi connectivity index (χ3v) is 3.51. The van der Waals surface area contributed by atoms with Crippen molar-refractivity contribution < 1.29 is 14.9 Å². The lowest BCUT2D eigenvalue weighted by molar-refractivity contribution is -0.0570. The highest BCUT2D eigenvalue weighted by molar-refractivity contribution is 8.14. The average Bonchev–Trinajstić information content (AvgIpc) is 2.28. The molecule has 1 aliphatic rings. The van der Waals surface area contributed by atoms with Gasteiger partial charge in [0.15, 0.2) is 5.17 Å². The smallest absolute Gasteiger partial charge is 0.156 e. The molecule has 1 fully saturated rings. The van der Waals surface area contributed by atoms with E-state index in [1.54, 1.807) is 0 Å².